The van der Waals surface area contributed by atoms with Crippen LogP contribution in [0.3, 0.4) is 0 Å². The van der Waals surface area contributed by atoms with Crippen molar-refractivity contribution in [3.8, 4) is 5.75 Å². The Labute approximate surface area is 127 Å². The second kappa shape index (κ2) is 6.77. The van der Waals surface area contributed by atoms with Gasteiger partial charge in [0.25, 0.3) is 0 Å². The zero-order valence-corrected chi connectivity index (χ0v) is 13.5. The Morgan fingerprint density at radius 2 is 1.95 bits per heavy atom. The fourth-order valence-electron chi connectivity index (χ4n) is 3.11. The Bertz CT molecular complexity index is 574. The van der Waals surface area contributed by atoms with Crippen LogP contribution in [-0.2, 0) is 10.0 Å². The Kier molecular flexibility index (Phi) is 5.24. The lowest BCUT2D eigenvalue weighted by atomic mass is 9.85. The molecule has 1 aliphatic rings. The average molecular weight is 312 g/mol. The molecule has 0 heterocycles. The topological polar surface area (TPSA) is 72.6 Å². The van der Waals surface area contributed by atoms with Crippen LogP contribution in [0.25, 0.3) is 0 Å². The molecule has 6 heteroatoms. The molecular weight excluding hydrogens is 288 g/mol. The minimum atomic E-state index is -3.57. The van der Waals surface area contributed by atoms with Crippen molar-refractivity contribution < 1.29 is 13.2 Å². The van der Waals surface area contributed by atoms with Crippen LogP contribution in [0.15, 0.2) is 29.2 Å². The number of nitrogens with zero attached hydrogens (tertiary/aromatic N) is 1. The van der Waals surface area contributed by atoms with Crippen molar-refractivity contribution in [1.82, 2.24) is 4.31 Å². The molecule has 1 aromatic carbocycles. The van der Waals surface area contributed by atoms with Gasteiger partial charge < -0.3 is 10.5 Å². The van der Waals surface area contributed by atoms with Crippen LogP contribution in [-0.4, -0.2) is 39.5 Å². The first-order valence-electron chi connectivity index (χ1n) is 7.33. The summed E-state index contributed by atoms with van der Waals surface area (Å²) >= 11 is 0. The molecule has 2 atom stereocenters. The number of hydrogen-bond donors (Lipinski definition) is 1. The number of benzene rings is 1. The van der Waals surface area contributed by atoms with E-state index in [1.54, 1.807) is 31.3 Å². The first-order valence-corrected chi connectivity index (χ1v) is 8.77. The third-order valence-electron chi connectivity index (χ3n) is 4.36. The molecule has 0 spiro atoms. The molecule has 0 aromatic heterocycles. The fraction of sp³-hybridized carbons (Fsp3) is 0.600. The predicted octanol–water partition coefficient (Wildman–Crippen LogP) is 1.83. The van der Waals surface area contributed by atoms with Gasteiger partial charge in [0.2, 0.25) is 10.0 Å². The highest BCUT2D eigenvalue weighted by molar-refractivity contribution is 7.89. The zero-order valence-electron chi connectivity index (χ0n) is 12.7. The smallest absolute Gasteiger partial charge is 0.246 e. The van der Waals surface area contributed by atoms with Crippen molar-refractivity contribution in [2.75, 3.05) is 20.7 Å². The summed E-state index contributed by atoms with van der Waals surface area (Å²) in [5, 5.41) is 0. The SMILES string of the molecule is COc1ccccc1S(=O)(=O)N(C)C1CCCCC1CN. The molecule has 1 saturated carbocycles. The van der Waals surface area contributed by atoms with Gasteiger partial charge in [-0.25, -0.2) is 8.42 Å². The van der Waals surface area contributed by atoms with E-state index in [-0.39, 0.29) is 16.9 Å². The van der Waals surface area contributed by atoms with Crippen molar-refractivity contribution in [2.45, 2.75) is 36.6 Å². The number of ether oxygens (including phenoxy) is 1. The third-order valence-corrected chi connectivity index (χ3v) is 6.29. The number of methoxy groups -OCH3 is 1. The van der Waals surface area contributed by atoms with Gasteiger partial charge in [-0.3, -0.25) is 0 Å². The van der Waals surface area contributed by atoms with Crippen LogP contribution in [0.4, 0.5) is 0 Å². The molecule has 0 saturated heterocycles. The molecule has 2 N–H and O–H groups in total. The quantitative estimate of drug-likeness (QED) is 0.900. The third kappa shape index (κ3) is 3.22. The summed E-state index contributed by atoms with van der Waals surface area (Å²) in [6.07, 6.45) is 4.04. The van der Waals surface area contributed by atoms with Crippen LogP contribution in [0.5, 0.6) is 5.75 Å². The van der Waals surface area contributed by atoms with Gasteiger partial charge in [-0.2, -0.15) is 4.31 Å². The van der Waals surface area contributed by atoms with E-state index in [0.29, 0.717) is 12.3 Å². The maximum absolute atomic E-state index is 12.9. The number of sulfonamides is 1. The minimum absolute atomic E-state index is 0.0290. The average Bonchev–Trinajstić information content (AvgIpc) is 2.53. The van der Waals surface area contributed by atoms with E-state index in [4.69, 9.17) is 10.5 Å². The molecule has 118 valence electrons. The molecule has 2 rings (SSSR count). The second-order valence-corrected chi connectivity index (χ2v) is 7.49. The van der Waals surface area contributed by atoms with Crippen LogP contribution < -0.4 is 10.5 Å². The van der Waals surface area contributed by atoms with E-state index in [1.165, 1.54) is 11.4 Å². The van der Waals surface area contributed by atoms with Gasteiger partial charge in [-0.1, -0.05) is 25.0 Å². The Morgan fingerprint density at radius 1 is 1.29 bits per heavy atom. The number of nitrogens with two attached hydrogens (primary N) is 1. The van der Waals surface area contributed by atoms with Gasteiger partial charge in [-0.05, 0) is 37.4 Å². The van der Waals surface area contributed by atoms with Crippen molar-refractivity contribution in [1.29, 1.82) is 0 Å². The highest BCUT2D eigenvalue weighted by Crippen LogP contribution is 2.33. The van der Waals surface area contributed by atoms with Gasteiger partial charge in [0.15, 0.2) is 0 Å². The van der Waals surface area contributed by atoms with Gasteiger partial charge in [0.1, 0.15) is 10.6 Å². The predicted molar refractivity (Wildman–Crippen MR) is 82.7 cm³/mol. The molecule has 1 fully saturated rings. The van der Waals surface area contributed by atoms with E-state index in [0.717, 1.165) is 25.7 Å². The Morgan fingerprint density at radius 3 is 2.62 bits per heavy atom. The zero-order chi connectivity index (χ0) is 15.5. The normalized spacial score (nSPS) is 23.2. The van der Waals surface area contributed by atoms with Crippen LogP contribution in [0, 0.1) is 5.92 Å². The van der Waals surface area contributed by atoms with Crippen molar-refractivity contribution >= 4 is 10.0 Å². The lowest BCUT2D eigenvalue weighted by Crippen LogP contribution is -2.45. The molecule has 0 bridgehead atoms. The van der Waals surface area contributed by atoms with E-state index in [2.05, 4.69) is 0 Å². The highest BCUT2D eigenvalue weighted by atomic mass is 32.2. The lowest BCUT2D eigenvalue weighted by molar-refractivity contribution is 0.204. The molecule has 0 amide bonds. The Balaban J connectivity index is 2.33. The second-order valence-electron chi connectivity index (χ2n) is 5.52. The van der Waals surface area contributed by atoms with Gasteiger partial charge in [0, 0.05) is 13.1 Å². The lowest BCUT2D eigenvalue weighted by Gasteiger charge is -2.36. The highest BCUT2D eigenvalue weighted by Gasteiger charge is 2.35. The van der Waals surface area contributed by atoms with Crippen LogP contribution in [0.1, 0.15) is 25.7 Å². The van der Waals surface area contributed by atoms with E-state index in [1.807, 2.05) is 0 Å². The first kappa shape index (κ1) is 16.3. The first-order chi connectivity index (χ1) is 10.0. The molecular formula is C15H24N2O3S. The summed E-state index contributed by atoms with van der Waals surface area (Å²) < 4.78 is 32.4. The molecule has 2 unspecified atom stereocenters. The monoisotopic (exact) mass is 312 g/mol. The number of rotatable bonds is 5. The van der Waals surface area contributed by atoms with Gasteiger partial charge >= 0.3 is 0 Å². The molecule has 5 nitrogen and oxygen atoms in total. The van der Waals surface area contributed by atoms with E-state index >= 15 is 0 Å². The van der Waals surface area contributed by atoms with Crippen LogP contribution >= 0.6 is 0 Å². The van der Waals surface area contributed by atoms with Crippen LogP contribution in [0.2, 0.25) is 0 Å². The van der Waals surface area contributed by atoms with Gasteiger partial charge in [0.05, 0.1) is 7.11 Å². The maximum Gasteiger partial charge on any atom is 0.246 e. The van der Waals surface area contributed by atoms with E-state index in [9.17, 15) is 8.42 Å². The molecule has 0 aliphatic heterocycles. The van der Waals surface area contributed by atoms with Crippen molar-refractivity contribution in [3.05, 3.63) is 24.3 Å². The summed E-state index contributed by atoms with van der Waals surface area (Å²) in [4.78, 5) is 0.219. The summed E-state index contributed by atoms with van der Waals surface area (Å²) in [6, 6.07) is 6.71. The largest absolute Gasteiger partial charge is 0.495 e. The summed E-state index contributed by atoms with van der Waals surface area (Å²) in [6.45, 7) is 0.524. The van der Waals surface area contributed by atoms with Crippen molar-refractivity contribution in [2.24, 2.45) is 11.7 Å². The minimum Gasteiger partial charge on any atom is -0.495 e. The number of hydrogen-bond acceptors (Lipinski definition) is 4. The molecule has 1 aromatic rings. The van der Waals surface area contributed by atoms with Crippen molar-refractivity contribution in [3.63, 3.8) is 0 Å². The number of para-hydroxylation sites is 1. The summed E-state index contributed by atoms with van der Waals surface area (Å²) in [5.74, 6) is 0.609. The van der Waals surface area contributed by atoms with E-state index < -0.39 is 10.0 Å². The standard InChI is InChI=1S/C15H24N2O3S/c1-17(13-8-4-3-7-12(13)11-16)21(18,19)15-10-6-5-9-14(15)20-2/h5-6,9-10,12-13H,3-4,7-8,11,16H2,1-2H3. The fourth-order valence-corrected chi connectivity index (χ4v) is 4.71. The molecule has 0 radical (unpaired) electrons. The molecule has 21 heavy (non-hydrogen) atoms. The summed E-state index contributed by atoms with van der Waals surface area (Å²) in [7, 11) is -0.435. The van der Waals surface area contributed by atoms with Gasteiger partial charge in [-0.15, -0.1) is 0 Å². The Hall–Kier alpha value is -1.11. The summed E-state index contributed by atoms with van der Waals surface area (Å²) in [5.41, 5.74) is 5.82. The molecule has 1 aliphatic carbocycles. The maximum atomic E-state index is 12.9.